The lowest BCUT2D eigenvalue weighted by atomic mass is 10.2. The molecule has 1 heterocycles. The summed E-state index contributed by atoms with van der Waals surface area (Å²) in [5, 5.41) is 11.6. The average Bonchev–Trinajstić information content (AvgIpc) is 2.81. The van der Waals surface area contributed by atoms with Crippen LogP contribution < -0.4 is 0 Å². The molecule has 0 aliphatic heterocycles. The van der Waals surface area contributed by atoms with E-state index in [-0.39, 0.29) is 17.2 Å². The summed E-state index contributed by atoms with van der Waals surface area (Å²) in [7, 11) is 0. The molecule has 0 N–H and O–H groups in total. The number of ether oxygens (including phenoxy) is 1. The molecule has 0 saturated carbocycles. The molecular weight excluding hydrogens is 262 g/mol. The van der Waals surface area contributed by atoms with Crippen molar-refractivity contribution in [3.8, 4) is 0 Å². The van der Waals surface area contributed by atoms with Crippen LogP contribution in [0.5, 0.6) is 0 Å². The predicted octanol–water partition coefficient (Wildman–Crippen LogP) is 3.23. The van der Waals surface area contributed by atoms with Crippen molar-refractivity contribution >= 4 is 22.6 Å². The van der Waals surface area contributed by atoms with E-state index in [0.29, 0.717) is 37.0 Å². The summed E-state index contributed by atoms with van der Waals surface area (Å²) < 4.78 is 10.3. The minimum atomic E-state index is -0.464. The van der Waals surface area contributed by atoms with Gasteiger partial charge < -0.3 is 9.15 Å². The fourth-order valence-electron chi connectivity index (χ4n) is 2.01. The zero-order valence-electron chi connectivity index (χ0n) is 11.1. The van der Waals surface area contributed by atoms with Crippen LogP contribution in [-0.4, -0.2) is 17.5 Å². The Hall–Kier alpha value is -2.37. The van der Waals surface area contributed by atoms with E-state index in [2.05, 4.69) is 0 Å². The van der Waals surface area contributed by atoms with Gasteiger partial charge >= 0.3 is 11.7 Å². The monoisotopic (exact) mass is 277 g/mol. The number of para-hydroxylation sites is 1. The fraction of sp³-hybridized carbons (Fsp3) is 0.357. The first kappa shape index (κ1) is 14.0. The second-order valence-electron chi connectivity index (χ2n) is 4.32. The maximum Gasteiger partial charge on any atom is 0.312 e. The number of fused-ring (bicyclic) bond motifs is 1. The van der Waals surface area contributed by atoms with Crippen LogP contribution in [0.3, 0.4) is 0 Å². The van der Waals surface area contributed by atoms with Gasteiger partial charge in [0.1, 0.15) is 5.76 Å². The van der Waals surface area contributed by atoms with Gasteiger partial charge in [0.2, 0.25) is 5.58 Å². The highest BCUT2D eigenvalue weighted by atomic mass is 16.6. The molecule has 2 aromatic rings. The largest absolute Gasteiger partial charge is 0.466 e. The van der Waals surface area contributed by atoms with Crippen LogP contribution in [0.1, 0.15) is 25.5 Å². The lowest BCUT2D eigenvalue weighted by Gasteiger charge is -1.99. The molecule has 0 atom stereocenters. The van der Waals surface area contributed by atoms with Crippen LogP contribution in [-0.2, 0) is 16.0 Å². The normalized spacial score (nSPS) is 10.7. The first-order valence-electron chi connectivity index (χ1n) is 6.43. The number of carbonyl (C=O) groups is 1. The number of hydrogen-bond donors (Lipinski definition) is 0. The Balaban J connectivity index is 2.07. The first-order valence-corrected chi connectivity index (χ1v) is 6.43. The Labute approximate surface area is 115 Å². The van der Waals surface area contributed by atoms with Gasteiger partial charge in [0, 0.05) is 24.3 Å². The van der Waals surface area contributed by atoms with E-state index in [9.17, 15) is 14.9 Å². The third-order valence-corrected chi connectivity index (χ3v) is 2.88. The topological polar surface area (TPSA) is 82.6 Å². The van der Waals surface area contributed by atoms with E-state index < -0.39 is 4.92 Å². The molecule has 20 heavy (non-hydrogen) atoms. The highest BCUT2D eigenvalue weighted by molar-refractivity contribution is 5.86. The summed E-state index contributed by atoms with van der Waals surface area (Å²) in [5.74, 6) is 0.396. The molecule has 106 valence electrons. The highest BCUT2D eigenvalue weighted by Gasteiger charge is 2.16. The Kier molecular flexibility index (Phi) is 4.34. The first-order chi connectivity index (χ1) is 9.61. The van der Waals surface area contributed by atoms with Gasteiger partial charge in [-0.25, -0.2) is 0 Å². The average molecular weight is 277 g/mol. The summed E-state index contributed by atoms with van der Waals surface area (Å²) in [6.45, 7) is 2.13. The molecule has 0 fully saturated rings. The molecular formula is C14H15NO5. The number of aryl methyl sites for hydroxylation is 1. The van der Waals surface area contributed by atoms with Crippen molar-refractivity contribution in [3.63, 3.8) is 0 Å². The summed E-state index contributed by atoms with van der Waals surface area (Å²) in [6.07, 6.45) is 1.45. The minimum Gasteiger partial charge on any atom is -0.466 e. The molecule has 0 bridgehead atoms. The number of carbonyl (C=O) groups excluding carboxylic acids is 1. The van der Waals surface area contributed by atoms with Gasteiger partial charge in [-0.15, -0.1) is 0 Å². The number of furan rings is 1. The predicted molar refractivity (Wildman–Crippen MR) is 72.4 cm³/mol. The lowest BCUT2D eigenvalue weighted by molar-refractivity contribution is -0.383. The van der Waals surface area contributed by atoms with Gasteiger partial charge in [-0.2, -0.15) is 0 Å². The molecule has 6 nitrogen and oxygen atoms in total. The summed E-state index contributed by atoms with van der Waals surface area (Å²) in [5.41, 5.74) is 0.239. The van der Waals surface area contributed by atoms with E-state index in [1.54, 1.807) is 25.1 Å². The van der Waals surface area contributed by atoms with Crippen molar-refractivity contribution in [2.75, 3.05) is 6.61 Å². The molecule has 0 aliphatic carbocycles. The third-order valence-electron chi connectivity index (χ3n) is 2.88. The van der Waals surface area contributed by atoms with Crippen LogP contribution >= 0.6 is 0 Å². The molecule has 0 saturated heterocycles. The number of non-ortho nitro benzene ring substituents is 1. The number of benzene rings is 1. The Morgan fingerprint density at radius 3 is 2.95 bits per heavy atom. The number of nitrogens with zero attached hydrogens (tertiary/aromatic N) is 1. The molecule has 1 aromatic heterocycles. The van der Waals surface area contributed by atoms with E-state index in [1.165, 1.54) is 6.07 Å². The van der Waals surface area contributed by atoms with Crippen LogP contribution in [0.4, 0.5) is 5.69 Å². The number of nitro benzene ring substituents is 1. The van der Waals surface area contributed by atoms with Gasteiger partial charge in [0.15, 0.2) is 0 Å². The van der Waals surface area contributed by atoms with Crippen molar-refractivity contribution in [2.45, 2.75) is 26.2 Å². The van der Waals surface area contributed by atoms with Crippen LogP contribution in [0.2, 0.25) is 0 Å². The van der Waals surface area contributed by atoms with Crippen molar-refractivity contribution in [2.24, 2.45) is 0 Å². The van der Waals surface area contributed by atoms with Crippen molar-refractivity contribution in [1.29, 1.82) is 0 Å². The standard InChI is InChI=1S/C14H15NO5/c1-2-19-13(16)8-4-6-11-9-10-5-3-7-12(15(17)18)14(10)20-11/h3,5,7,9H,2,4,6,8H2,1H3. The molecule has 2 rings (SSSR count). The number of nitro groups is 1. The minimum absolute atomic E-state index is 0.0425. The van der Waals surface area contributed by atoms with Gasteiger partial charge in [-0.1, -0.05) is 12.1 Å². The zero-order valence-corrected chi connectivity index (χ0v) is 11.1. The van der Waals surface area contributed by atoms with Crippen molar-refractivity contribution in [1.82, 2.24) is 0 Å². The molecule has 0 aliphatic rings. The molecule has 6 heteroatoms. The summed E-state index contributed by atoms with van der Waals surface area (Å²) >= 11 is 0. The number of esters is 1. The van der Waals surface area contributed by atoms with E-state index >= 15 is 0 Å². The second kappa shape index (κ2) is 6.18. The number of hydrogen-bond acceptors (Lipinski definition) is 5. The van der Waals surface area contributed by atoms with Gasteiger partial charge in [-0.3, -0.25) is 14.9 Å². The third kappa shape index (κ3) is 3.14. The Morgan fingerprint density at radius 2 is 2.25 bits per heavy atom. The SMILES string of the molecule is CCOC(=O)CCCc1cc2cccc([N+](=O)[O-])c2o1. The van der Waals surface area contributed by atoms with Crippen LogP contribution in [0, 0.1) is 10.1 Å². The zero-order chi connectivity index (χ0) is 14.5. The molecule has 0 amide bonds. The van der Waals surface area contributed by atoms with E-state index in [1.807, 2.05) is 0 Å². The van der Waals surface area contributed by atoms with Crippen LogP contribution in [0.25, 0.3) is 11.0 Å². The second-order valence-corrected chi connectivity index (χ2v) is 4.32. The van der Waals surface area contributed by atoms with Gasteiger partial charge in [-0.05, 0) is 19.4 Å². The molecule has 0 unspecified atom stereocenters. The summed E-state index contributed by atoms with van der Waals surface area (Å²) in [6, 6.07) is 6.57. The maximum absolute atomic E-state index is 11.2. The van der Waals surface area contributed by atoms with Gasteiger partial charge in [0.05, 0.1) is 11.5 Å². The van der Waals surface area contributed by atoms with Gasteiger partial charge in [0.25, 0.3) is 0 Å². The Morgan fingerprint density at radius 1 is 1.45 bits per heavy atom. The van der Waals surface area contributed by atoms with Crippen LogP contribution in [0.15, 0.2) is 28.7 Å². The molecule has 0 radical (unpaired) electrons. The fourth-order valence-corrected chi connectivity index (χ4v) is 2.01. The quantitative estimate of drug-likeness (QED) is 0.460. The summed E-state index contributed by atoms with van der Waals surface area (Å²) in [4.78, 5) is 21.6. The van der Waals surface area contributed by atoms with E-state index in [0.717, 1.165) is 0 Å². The molecule has 1 aromatic carbocycles. The lowest BCUT2D eigenvalue weighted by Crippen LogP contribution is -2.03. The van der Waals surface area contributed by atoms with E-state index in [4.69, 9.17) is 9.15 Å². The smallest absolute Gasteiger partial charge is 0.312 e. The van der Waals surface area contributed by atoms with Crippen molar-refractivity contribution < 1.29 is 18.9 Å². The maximum atomic E-state index is 11.2. The van der Waals surface area contributed by atoms with Crippen molar-refractivity contribution in [3.05, 3.63) is 40.1 Å². The molecule has 0 spiro atoms. The highest BCUT2D eigenvalue weighted by Crippen LogP contribution is 2.28. The number of rotatable bonds is 6. The Bertz CT molecular complexity index is 632.